The molecule has 1 heterocycles. The van der Waals surface area contributed by atoms with Crippen LogP contribution in [0.25, 0.3) is 0 Å². The van der Waals surface area contributed by atoms with Gasteiger partial charge in [-0.15, -0.1) is 0 Å². The summed E-state index contributed by atoms with van der Waals surface area (Å²) in [5.74, 6) is -1.08. The molecule has 2 amide bonds. The number of rotatable bonds is 8. The van der Waals surface area contributed by atoms with E-state index >= 15 is 0 Å². The average Bonchev–Trinajstić information content (AvgIpc) is 3.38. The Labute approximate surface area is 179 Å². The highest BCUT2D eigenvalue weighted by Gasteiger charge is 2.24. The number of nitrogens with one attached hydrogen (secondary N) is 2. The monoisotopic (exact) mass is 430 g/mol. The number of amides is 2. The fraction of sp³-hybridized carbons (Fsp3) is 0.429. The summed E-state index contributed by atoms with van der Waals surface area (Å²) in [6.45, 7) is 1.55. The van der Waals surface area contributed by atoms with Gasteiger partial charge in [0, 0.05) is 25.5 Å². The molecule has 8 nitrogen and oxygen atoms in total. The Balaban J connectivity index is 1.56. The quantitative estimate of drug-likeness (QED) is 0.493. The molecule has 1 aromatic carbocycles. The number of anilines is 1. The zero-order valence-electron chi connectivity index (χ0n) is 17.1. The van der Waals surface area contributed by atoms with Crippen molar-refractivity contribution in [2.24, 2.45) is 7.05 Å². The van der Waals surface area contributed by atoms with E-state index in [-0.39, 0.29) is 29.2 Å². The Bertz CT molecular complexity index is 908. The van der Waals surface area contributed by atoms with Crippen molar-refractivity contribution in [3.8, 4) is 0 Å². The normalized spacial score (nSPS) is 14.9. The summed E-state index contributed by atoms with van der Waals surface area (Å²) < 4.78 is 7.17. The van der Waals surface area contributed by atoms with E-state index in [1.807, 2.05) is 11.6 Å². The van der Waals surface area contributed by atoms with E-state index in [4.69, 9.17) is 4.74 Å². The molecule has 160 valence electrons. The van der Waals surface area contributed by atoms with E-state index in [1.165, 1.54) is 11.8 Å². The van der Waals surface area contributed by atoms with Gasteiger partial charge in [-0.05, 0) is 31.9 Å². The minimum absolute atomic E-state index is 0.147. The number of hydrogen-bond acceptors (Lipinski definition) is 6. The van der Waals surface area contributed by atoms with Crippen LogP contribution in [0.3, 0.4) is 0 Å². The predicted molar refractivity (Wildman–Crippen MR) is 114 cm³/mol. The summed E-state index contributed by atoms with van der Waals surface area (Å²) in [6, 6.07) is 6.74. The number of nitrogens with zero attached hydrogens (tertiary/aromatic N) is 2. The maximum Gasteiger partial charge on any atom is 0.341 e. The Morgan fingerprint density at radius 1 is 1.27 bits per heavy atom. The topological polar surface area (TPSA) is 102 Å². The third-order valence-corrected chi connectivity index (χ3v) is 5.94. The van der Waals surface area contributed by atoms with E-state index in [9.17, 15) is 14.4 Å². The van der Waals surface area contributed by atoms with Crippen LogP contribution >= 0.6 is 11.8 Å². The molecule has 0 aliphatic heterocycles. The van der Waals surface area contributed by atoms with E-state index in [0.29, 0.717) is 5.69 Å². The molecule has 1 atom stereocenters. The summed E-state index contributed by atoms with van der Waals surface area (Å²) in [5, 5.41) is 6.38. The highest BCUT2D eigenvalue weighted by Crippen LogP contribution is 2.20. The fourth-order valence-corrected chi connectivity index (χ4v) is 3.98. The van der Waals surface area contributed by atoms with Crippen LogP contribution in [-0.4, -0.2) is 45.2 Å². The number of thioether (sulfide) groups is 1. The molecule has 1 saturated carbocycles. The lowest BCUT2D eigenvalue weighted by molar-refractivity contribution is -0.129. The first-order valence-electron chi connectivity index (χ1n) is 9.94. The maximum absolute atomic E-state index is 12.6. The molecular formula is C21H26N4O4S. The molecule has 0 spiro atoms. The van der Waals surface area contributed by atoms with Crippen molar-refractivity contribution in [3.63, 3.8) is 0 Å². The van der Waals surface area contributed by atoms with Crippen LogP contribution in [0.15, 0.2) is 41.8 Å². The molecule has 1 unspecified atom stereocenters. The molecule has 0 bridgehead atoms. The number of hydrogen-bond donors (Lipinski definition) is 2. The van der Waals surface area contributed by atoms with E-state index in [0.717, 1.165) is 30.8 Å². The van der Waals surface area contributed by atoms with Crippen molar-refractivity contribution in [2.45, 2.75) is 49.9 Å². The molecule has 9 heteroatoms. The maximum atomic E-state index is 12.6. The Hall–Kier alpha value is -2.81. The van der Waals surface area contributed by atoms with Crippen molar-refractivity contribution >= 4 is 35.2 Å². The van der Waals surface area contributed by atoms with Crippen molar-refractivity contribution in [2.75, 3.05) is 11.1 Å². The average molecular weight is 431 g/mol. The summed E-state index contributed by atoms with van der Waals surface area (Å²) in [7, 11) is 1.85. The first kappa shape index (κ1) is 21.9. The van der Waals surface area contributed by atoms with E-state index < -0.39 is 12.1 Å². The minimum Gasteiger partial charge on any atom is -0.449 e. The van der Waals surface area contributed by atoms with Crippen LogP contribution in [-0.2, 0) is 21.4 Å². The second-order valence-electron chi connectivity index (χ2n) is 7.24. The van der Waals surface area contributed by atoms with Gasteiger partial charge in [0.2, 0.25) is 5.91 Å². The molecule has 3 rings (SSSR count). The molecule has 1 aliphatic carbocycles. The van der Waals surface area contributed by atoms with Gasteiger partial charge in [-0.3, -0.25) is 9.59 Å². The van der Waals surface area contributed by atoms with Crippen molar-refractivity contribution in [1.82, 2.24) is 14.9 Å². The highest BCUT2D eigenvalue weighted by atomic mass is 32.2. The number of benzene rings is 1. The second kappa shape index (κ2) is 10.3. The van der Waals surface area contributed by atoms with Gasteiger partial charge in [-0.1, -0.05) is 36.7 Å². The SMILES string of the molecule is CC(OC(=O)c1ccccc1NC(=O)CSc1nccn1C)C(=O)NC1CCCC1. The summed E-state index contributed by atoms with van der Waals surface area (Å²) >= 11 is 1.30. The largest absolute Gasteiger partial charge is 0.449 e. The van der Waals surface area contributed by atoms with Crippen LogP contribution in [0.2, 0.25) is 0 Å². The molecule has 1 aliphatic rings. The second-order valence-corrected chi connectivity index (χ2v) is 8.18. The smallest absolute Gasteiger partial charge is 0.341 e. The molecule has 2 N–H and O–H groups in total. The standard InChI is InChI=1S/C21H26N4O4S/c1-14(19(27)23-15-7-3-4-8-15)29-20(28)16-9-5-6-10-17(16)24-18(26)13-30-21-22-11-12-25(21)2/h5-6,9-12,14-15H,3-4,7-8,13H2,1-2H3,(H,23,27)(H,24,26). The number of aryl methyl sites for hydroxylation is 1. The highest BCUT2D eigenvalue weighted by molar-refractivity contribution is 7.99. The predicted octanol–water partition coefficient (Wildman–Crippen LogP) is 2.76. The third-order valence-electron chi connectivity index (χ3n) is 4.89. The van der Waals surface area contributed by atoms with E-state index in [2.05, 4.69) is 15.6 Å². The fourth-order valence-electron chi connectivity index (χ4n) is 3.24. The molecular weight excluding hydrogens is 404 g/mol. The Morgan fingerprint density at radius 3 is 2.70 bits per heavy atom. The van der Waals surface area contributed by atoms with Gasteiger partial charge >= 0.3 is 5.97 Å². The molecule has 1 aromatic heterocycles. The van der Waals surface area contributed by atoms with Gasteiger partial charge in [-0.2, -0.15) is 0 Å². The number of aromatic nitrogens is 2. The lowest BCUT2D eigenvalue weighted by atomic mass is 10.1. The molecule has 1 fully saturated rings. The first-order valence-corrected chi connectivity index (χ1v) is 10.9. The number of ether oxygens (including phenoxy) is 1. The molecule has 2 aromatic rings. The molecule has 30 heavy (non-hydrogen) atoms. The number of carbonyl (C=O) groups excluding carboxylic acids is 3. The van der Waals surface area contributed by atoms with Gasteiger partial charge in [0.1, 0.15) is 0 Å². The number of esters is 1. The summed E-state index contributed by atoms with van der Waals surface area (Å²) in [5.41, 5.74) is 0.546. The van der Waals surface area contributed by atoms with Gasteiger partial charge in [0.25, 0.3) is 5.91 Å². The zero-order chi connectivity index (χ0) is 21.5. The summed E-state index contributed by atoms with van der Waals surface area (Å²) in [4.78, 5) is 41.4. The van der Waals surface area contributed by atoms with Gasteiger partial charge in [0.05, 0.1) is 17.0 Å². The first-order chi connectivity index (χ1) is 14.4. The summed E-state index contributed by atoms with van der Waals surface area (Å²) in [6.07, 6.45) is 6.66. The third kappa shape index (κ3) is 5.85. The number of imidazole rings is 1. The van der Waals surface area contributed by atoms with E-state index in [1.54, 1.807) is 43.6 Å². The lowest BCUT2D eigenvalue weighted by Crippen LogP contribution is -2.40. The van der Waals surface area contributed by atoms with Crippen molar-refractivity contribution in [1.29, 1.82) is 0 Å². The van der Waals surface area contributed by atoms with Crippen molar-refractivity contribution < 1.29 is 19.1 Å². The molecule has 0 saturated heterocycles. The Morgan fingerprint density at radius 2 is 2.00 bits per heavy atom. The van der Waals surface area contributed by atoms with Crippen LogP contribution in [0, 0.1) is 0 Å². The number of para-hydroxylation sites is 1. The van der Waals surface area contributed by atoms with Crippen LogP contribution in [0.4, 0.5) is 5.69 Å². The number of carbonyl (C=O) groups is 3. The van der Waals surface area contributed by atoms with Crippen LogP contribution < -0.4 is 10.6 Å². The lowest BCUT2D eigenvalue weighted by Gasteiger charge is -2.18. The minimum atomic E-state index is -0.916. The van der Waals surface area contributed by atoms with Gasteiger partial charge in [-0.25, -0.2) is 9.78 Å². The Kier molecular flexibility index (Phi) is 7.51. The van der Waals surface area contributed by atoms with Crippen molar-refractivity contribution in [3.05, 3.63) is 42.2 Å². The molecule has 0 radical (unpaired) electrons. The van der Waals surface area contributed by atoms with Gasteiger partial charge in [0.15, 0.2) is 11.3 Å². The van der Waals surface area contributed by atoms with Crippen LogP contribution in [0.1, 0.15) is 43.0 Å². The zero-order valence-corrected chi connectivity index (χ0v) is 17.9. The van der Waals surface area contributed by atoms with Crippen LogP contribution in [0.5, 0.6) is 0 Å². The van der Waals surface area contributed by atoms with Gasteiger partial charge < -0.3 is 19.9 Å².